The fourth-order valence-corrected chi connectivity index (χ4v) is 2.52. The van der Waals surface area contributed by atoms with Gasteiger partial charge < -0.3 is 10.6 Å². The molecule has 4 heteroatoms. The largest absolute Gasteiger partial charge is 0.385 e. The monoisotopic (exact) mass is 339 g/mol. The number of hydrogen-bond acceptors (Lipinski definition) is 3. The number of anilines is 2. The maximum atomic E-state index is 12.4. The Kier molecular flexibility index (Phi) is 6.57. The molecule has 0 atom stereocenters. The number of nitrogens with one attached hydrogen (secondary N) is 2. The van der Waals surface area contributed by atoms with Crippen LogP contribution in [0.1, 0.15) is 63.0 Å². The minimum absolute atomic E-state index is 0.0991. The summed E-state index contributed by atoms with van der Waals surface area (Å²) >= 11 is 0. The zero-order valence-corrected chi connectivity index (χ0v) is 15.7. The van der Waals surface area contributed by atoms with Crippen LogP contribution < -0.4 is 10.6 Å². The maximum absolute atomic E-state index is 12.4. The summed E-state index contributed by atoms with van der Waals surface area (Å²) in [4.78, 5) is 16.6. The van der Waals surface area contributed by atoms with Gasteiger partial charge in [0.15, 0.2) is 0 Å². The molecular weight excluding hydrogens is 310 g/mol. The molecule has 4 nitrogen and oxygen atoms in total. The van der Waals surface area contributed by atoms with Crippen LogP contribution in [0.2, 0.25) is 0 Å². The summed E-state index contributed by atoms with van der Waals surface area (Å²) < 4.78 is 0. The number of aromatic nitrogens is 1. The lowest BCUT2D eigenvalue weighted by Gasteiger charge is -2.19. The average molecular weight is 339 g/mol. The molecular formula is C21H29N3O. The van der Waals surface area contributed by atoms with Crippen LogP contribution in [0.15, 0.2) is 42.6 Å². The number of unbranched alkanes of at least 4 members (excludes halogenated alkanes) is 2. The Morgan fingerprint density at radius 2 is 1.76 bits per heavy atom. The minimum Gasteiger partial charge on any atom is -0.385 e. The quantitative estimate of drug-likeness (QED) is 0.679. The second kappa shape index (κ2) is 8.65. The molecule has 0 radical (unpaired) electrons. The van der Waals surface area contributed by atoms with E-state index in [4.69, 9.17) is 0 Å². The van der Waals surface area contributed by atoms with Crippen LogP contribution >= 0.6 is 0 Å². The fourth-order valence-electron chi connectivity index (χ4n) is 2.52. The van der Waals surface area contributed by atoms with E-state index in [1.165, 1.54) is 18.4 Å². The van der Waals surface area contributed by atoms with Gasteiger partial charge in [-0.15, -0.1) is 0 Å². The Labute approximate surface area is 151 Å². The molecule has 0 spiro atoms. The predicted octanol–water partition coefficient (Wildman–Crippen LogP) is 5.23. The van der Waals surface area contributed by atoms with Crippen molar-refractivity contribution in [3.8, 4) is 0 Å². The van der Waals surface area contributed by atoms with Gasteiger partial charge in [-0.05, 0) is 41.7 Å². The first-order valence-corrected chi connectivity index (χ1v) is 9.02. The summed E-state index contributed by atoms with van der Waals surface area (Å²) in [7, 11) is 0. The highest BCUT2D eigenvalue weighted by Gasteiger charge is 2.14. The number of benzene rings is 1. The van der Waals surface area contributed by atoms with Crippen molar-refractivity contribution in [3.05, 3.63) is 53.9 Å². The third-order valence-electron chi connectivity index (χ3n) is 4.11. The molecule has 1 aromatic carbocycles. The van der Waals surface area contributed by atoms with E-state index in [1.54, 1.807) is 12.3 Å². The molecule has 0 bridgehead atoms. The van der Waals surface area contributed by atoms with Crippen molar-refractivity contribution in [1.29, 1.82) is 0 Å². The van der Waals surface area contributed by atoms with E-state index in [-0.39, 0.29) is 11.3 Å². The third kappa shape index (κ3) is 5.89. The minimum atomic E-state index is -0.194. The van der Waals surface area contributed by atoms with Crippen molar-refractivity contribution in [3.63, 3.8) is 0 Å². The summed E-state index contributed by atoms with van der Waals surface area (Å²) in [6.45, 7) is 9.60. The van der Waals surface area contributed by atoms with Crippen LogP contribution in [0, 0.1) is 0 Å². The number of hydrogen-bond donors (Lipinski definition) is 2. The van der Waals surface area contributed by atoms with Crippen LogP contribution in [0.4, 0.5) is 11.4 Å². The fraction of sp³-hybridized carbons (Fsp3) is 0.429. The Morgan fingerprint density at radius 1 is 1.04 bits per heavy atom. The van der Waals surface area contributed by atoms with Gasteiger partial charge in [0.25, 0.3) is 5.91 Å². The van der Waals surface area contributed by atoms with Crippen LogP contribution in [0.3, 0.4) is 0 Å². The normalized spacial score (nSPS) is 11.2. The summed E-state index contributed by atoms with van der Waals surface area (Å²) in [5, 5.41) is 6.25. The third-order valence-corrected chi connectivity index (χ3v) is 4.11. The molecule has 0 aliphatic heterocycles. The number of nitrogens with zero attached hydrogens (tertiary/aromatic N) is 1. The molecule has 0 aliphatic rings. The molecule has 0 unspecified atom stereocenters. The van der Waals surface area contributed by atoms with Crippen molar-refractivity contribution in [2.75, 3.05) is 17.2 Å². The lowest BCUT2D eigenvalue weighted by molar-refractivity contribution is 0.102. The van der Waals surface area contributed by atoms with E-state index in [1.807, 2.05) is 18.2 Å². The van der Waals surface area contributed by atoms with Gasteiger partial charge in [0.1, 0.15) is 5.69 Å². The van der Waals surface area contributed by atoms with Crippen molar-refractivity contribution in [2.45, 2.75) is 52.4 Å². The Morgan fingerprint density at radius 3 is 2.40 bits per heavy atom. The van der Waals surface area contributed by atoms with Crippen molar-refractivity contribution < 1.29 is 4.79 Å². The van der Waals surface area contributed by atoms with E-state index in [0.29, 0.717) is 5.69 Å². The average Bonchev–Trinajstić information content (AvgIpc) is 2.59. The zero-order chi connectivity index (χ0) is 18.3. The van der Waals surface area contributed by atoms with Crippen LogP contribution in [-0.2, 0) is 5.41 Å². The first-order valence-electron chi connectivity index (χ1n) is 9.02. The van der Waals surface area contributed by atoms with E-state index in [2.05, 4.69) is 55.4 Å². The Bertz CT molecular complexity index is 687. The van der Waals surface area contributed by atoms with Crippen LogP contribution in [0.25, 0.3) is 0 Å². The second-order valence-electron chi connectivity index (χ2n) is 7.35. The SMILES string of the molecule is CCCCCNc1ccnc(C(=O)Nc2ccc(C(C)(C)C)cc2)c1. The molecule has 0 saturated carbocycles. The van der Waals surface area contributed by atoms with E-state index in [9.17, 15) is 4.79 Å². The zero-order valence-electron chi connectivity index (χ0n) is 15.7. The first-order chi connectivity index (χ1) is 11.9. The van der Waals surface area contributed by atoms with Gasteiger partial charge in [-0.25, -0.2) is 0 Å². The highest BCUT2D eigenvalue weighted by Crippen LogP contribution is 2.23. The summed E-state index contributed by atoms with van der Waals surface area (Å²) in [6, 6.07) is 11.7. The molecule has 2 aromatic rings. The highest BCUT2D eigenvalue weighted by molar-refractivity contribution is 6.03. The topological polar surface area (TPSA) is 54.0 Å². The highest BCUT2D eigenvalue weighted by atomic mass is 16.1. The molecule has 25 heavy (non-hydrogen) atoms. The summed E-state index contributed by atoms with van der Waals surface area (Å²) in [6.07, 6.45) is 5.19. The van der Waals surface area contributed by atoms with E-state index < -0.39 is 0 Å². The van der Waals surface area contributed by atoms with Gasteiger partial charge in [-0.3, -0.25) is 9.78 Å². The van der Waals surface area contributed by atoms with Gasteiger partial charge in [0.05, 0.1) is 0 Å². The van der Waals surface area contributed by atoms with E-state index in [0.717, 1.165) is 24.3 Å². The lowest BCUT2D eigenvalue weighted by atomic mass is 9.87. The molecule has 0 saturated heterocycles. The number of carbonyl (C=O) groups is 1. The van der Waals surface area contributed by atoms with Crippen LogP contribution in [-0.4, -0.2) is 17.4 Å². The molecule has 1 amide bonds. The lowest BCUT2D eigenvalue weighted by Crippen LogP contribution is -2.15. The number of pyridine rings is 1. The number of rotatable bonds is 7. The molecule has 2 rings (SSSR count). The second-order valence-corrected chi connectivity index (χ2v) is 7.35. The van der Waals surface area contributed by atoms with Gasteiger partial charge in [0.2, 0.25) is 0 Å². The molecule has 1 aromatic heterocycles. The predicted molar refractivity (Wildman–Crippen MR) is 105 cm³/mol. The van der Waals surface area contributed by atoms with Gasteiger partial charge >= 0.3 is 0 Å². The Balaban J connectivity index is 1.98. The van der Waals surface area contributed by atoms with Gasteiger partial charge in [-0.2, -0.15) is 0 Å². The number of carbonyl (C=O) groups excluding carboxylic acids is 1. The number of amides is 1. The van der Waals surface area contributed by atoms with Crippen molar-refractivity contribution in [2.24, 2.45) is 0 Å². The smallest absolute Gasteiger partial charge is 0.274 e. The van der Waals surface area contributed by atoms with Crippen molar-refractivity contribution in [1.82, 2.24) is 4.98 Å². The standard InChI is InChI=1S/C21H29N3O/c1-5-6-7-13-22-18-12-14-23-19(15-18)20(25)24-17-10-8-16(9-11-17)21(2,3)4/h8-12,14-15H,5-7,13H2,1-4H3,(H,22,23)(H,24,25). The molecule has 0 fully saturated rings. The molecule has 1 heterocycles. The first kappa shape index (κ1) is 19.0. The van der Waals surface area contributed by atoms with Gasteiger partial charge in [-0.1, -0.05) is 52.7 Å². The Hall–Kier alpha value is -2.36. The molecule has 134 valence electrons. The van der Waals surface area contributed by atoms with Crippen LogP contribution in [0.5, 0.6) is 0 Å². The molecule has 2 N–H and O–H groups in total. The van der Waals surface area contributed by atoms with Gasteiger partial charge in [0, 0.05) is 24.1 Å². The summed E-state index contributed by atoms with van der Waals surface area (Å²) in [5.41, 5.74) is 3.46. The van der Waals surface area contributed by atoms with E-state index >= 15 is 0 Å². The van der Waals surface area contributed by atoms with Crippen molar-refractivity contribution >= 4 is 17.3 Å². The maximum Gasteiger partial charge on any atom is 0.274 e. The summed E-state index contributed by atoms with van der Waals surface area (Å²) in [5.74, 6) is -0.194. The molecule has 0 aliphatic carbocycles.